The van der Waals surface area contributed by atoms with Crippen molar-refractivity contribution in [3.8, 4) is 23.0 Å². The summed E-state index contributed by atoms with van der Waals surface area (Å²) in [5.74, 6) is -0.599. The van der Waals surface area contributed by atoms with Gasteiger partial charge in [-0.15, -0.1) is 0 Å². The summed E-state index contributed by atoms with van der Waals surface area (Å²) < 4.78 is 12.1. The number of nitrogens with zero attached hydrogens (tertiary/aromatic N) is 1. The number of fused-ring (bicyclic) bond motifs is 2. The van der Waals surface area contributed by atoms with E-state index in [1.807, 2.05) is 0 Å². The Bertz CT molecular complexity index is 994. The molecule has 0 radical (unpaired) electrons. The highest BCUT2D eigenvalue weighted by atomic mass is 17.1. The minimum Gasteiger partial charge on any atom is -0.492 e. The average molecular weight is 333 g/mol. The van der Waals surface area contributed by atoms with Crippen LogP contribution in [0.25, 0.3) is 21.8 Å². The van der Waals surface area contributed by atoms with Gasteiger partial charge in [-0.3, -0.25) is 4.79 Å². The Hall–Kier alpha value is -2.97. The molecule has 1 aromatic heterocycles. The molecule has 0 saturated carbocycles. The van der Waals surface area contributed by atoms with Gasteiger partial charge >= 0.3 is 0 Å². The highest BCUT2D eigenvalue weighted by Crippen LogP contribution is 2.50. The number of aryl methyl sites for hydroxylation is 1. The molecule has 0 saturated heterocycles. The van der Waals surface area contributed by atoms with Gasteiger partial charge in [0.1, 0.15) is 5.52 Å². The Balaban J connectivity index is 2.73. The second-order valence-corrected chi connectivity index (χ2v) is 5.04. The molecule has 0 spiro atoms. The number of pyridine rings is 1. The summed E-state index contributed by atoms with van der Waals surface area (Å²) in [4.78, 5) is 21.7. The van der Waals surface area contributed by atoms with E-state index in [9.17, 15) is 15.3 Å². The smallest absolute Gasteiger partial charge is 0.253 e. The molecule has 0 amide bonds. The van der Waals surface area contributed by atoms with Crippen molar-refractivity contribution < 1.29 is 29.8 Å². The van der Waals surface area contributed by atoms with Crippen molar-refractivity contribution in [2.45, 2.75) is 0 Å². The molecule has 0 unspecified atom stereocenters. The van der Waals surface area contributed by atoms with Crippen LogP contribution in [0, 0.1) is 0 Å². The van der Waals surface area contributed by atoms with E-state index in [1.54, 1.807) is 35.9 Å². The first-order valence-electron chi connectivity index (χ1n) is 6.92. The standard InChI is InChI=1S/C16H15NO7/c1-17-9-7-5-4-6-8(9)12(18)10-11(17)14(23-19)15(22-3)16(24-20)13(10)21-2/h4-7,19-20H,1-3H3. The van der Waals surface area contributed by atoms with Crippen molar-refractivity contribution in [1.29, 1.82) is 0 Å². The van der Waals surface area contributed by atoms with Gasteiger partial charge < -0.3 is 23.8 Å². The topological polar surface area (TPSA) is 99.4 Å². The fourth-order valence-electron chi connectivity index (χ4n) is 2.94. The molecule has 0 aliphatic rings. The zero-order valence-electron chi connectivity index (χ0n) is 13.2. The summed E-state index contributed by atoms with van der Waals surface area (Å²) in [5.41, 5.74) is 0.487. The normalized spacial score (nSPS) is 10.9. The van der Waals surface area contributed by atoms with Gasteiger partial charge in [-0.05, 0) is 12.1 Å². The van der Waals surface area contributed by atoms with E-state index in [2.05, 4.69) is 9.78 Å². The Morgan fingerprint density at radius 3 is 2.12 bits per heavy atom. The molecule has 0 fully saturated rings. The van der Waals surface area contributed by atoms with Crippen molar-refractivity contribution in [2.24, 2.45) is 7.05 Å². The molecule has 3 rings (SSSR count). The van der Waals surface area contributed by atoms with Crippen molar-refractivity contribution in [2.75, 3.05) is 14.2 Å². The number of aromatic nitrogens is 1. The molecule has 2 N–H and O–H groups in total. The third-order valence-electron chi connectivity index (χ3n) is 3.96. The number of hydrogen-bond donors (Lipinski definition) is 2. The molecule has 0 bridgehead atoms. The van der Waals surface area contributed by atoms with Crippen LogP contribution in [0.15, 0.2) is 29.1 Å². The van der Waals surface area contributed by atoms with Crippen LogP contribution in [0.3, 0.4) is 0 Å². The number of para-hydroxylation sites is 1. The molecule has 0 aliphatic carbocycles. The van der Waals surface area contributed by atoms with Crippen molar-refractivity contribution >= 4 is 21.8 Å². The average Bonchev–Trinajstić information content (AvgIpc) is 2.63. The first-order chi connectivity index (χ1) is 11.6. The fraction of sp³-hybridized carbons (Fsp3) is 0.188. The first kappa shape index (κ1) is 15.9. The molecular formula is C16H15NO7. The van der Waals surface area contributed by atoms with Crippen molar-refractivity contribution in [3.63, 3.8) is 0 Å². The Labute approximate surface area is 135 Å². The van der Waals surface area contributed by atoms with Crippen LogP contribution < -0.4 is 24.7 Å². The number of hydrogen-bond acceptors (Lipinski definition) is 7. The molecule has 24 heavy (non-hydrogen) atoms. The maximum atomic E-state index is 12.9. The number of rotatable bonds is 4. The number of methoxy groups -OCH3 is 2. The van der Waals surface area contributed by atoms with Crippen LogP contribution in [-0.2, 0) is 7.05 Å². The van der Waals surface area contributed by atoms with Crippen LogP contribution in [0.1, 0.15) is 0 Å². The molecule has 0 atom stereocenters. The third-order valence-corrected chi connectivity index (χ3v) is 3.96. The summed E-state index contributed by atoms with van der Waals surface area (Å²) in [6.45, 7) is 0. The summed E-state index contributed by atoms with van der Waals surface area (Å²) in [5, 5.41) is 19.1. The molecule has 3 aromatic rings. The van der Waals surface area contributed by atoms with E-state index in [-0.39, 0.29) is 39.3 Å². The van der Waals surface area contributed by atoms with Crippen LogP contribution in [0.4, 0.5) is 0 Å². The third kappa shape index (κ3) is 1.97. The SMILES string of the molecule is COc1c(OO)c(OC)c2c(=O)c3ccccc3n(C)c2c1OO. The maximum absolute atomic E-state index is 12.9. The van der Waals surface area contributed by atoms with E-state index in [0.717, 1.165) is 0 Å². The molecule has 2 aromatic carbocycles. The minimum absolute atomic E-state index is 0.0310. The van der Waals surface area contributed by atoms with Crippen molar-refractivity contribution in [1.82, 2.24) is 4.57 Å². The van der Waals surface area contributed by atoms with E-state index < -0.39 is 0 Å². The fourth-order valence-corrected chi connectivity index (χ4v) is 2.94. The molecule has 0 aliphatic heterocycles. The van der Waals surface area contributed by atoms with Crippen molar-refractivity contribution in [3.05, 3.63) is 34.5 Å². The Morgan fingerprint density at radius 1 is 0.917 bits per heavy atom. The lowest BCUT2D eigenvalue weighted by Gasteiger charge is -2.19. The van der Waals surface area contributed by atoms with Gasteiger partial charge in [0.15, 0.2) is 5.75 Å². The van der Waals surface area contributed by atoms with Crippen LogP contribution in [-0.4, -0.2) is 29.3 Å². The second kappa shape index (κ2) is 5.91. The van der Waals surface area contributed by atoms with Gasteiger partial charge in [0.2, 0.25) is 16.9 Å². The van der Waals surface area contributed by atoms with Gasteiger partial charge in [0, 0.05) is 12.4 Å². The molecule has 1 heterocycles. The summed E-state index contributed by atoms with van der Waals surface area (Å²) in [7, 11) is 4.32. The predicted octanol–water partition coefficient (Wildman–Crippen LogP) is 2.41. The van der Waals surface area contributed by atoms with E-state index in [0.29, 0.717) is 10.9 Å². The summed E-state index contributed by atoms with van der Waals surface area (Å²) in [6, 6.07) is 6.94. The monoisotopic (exact) mass is 333 g/mol. The summed E-state index contributed by atoms with van der Waals surface area (Å²) in [6.07, 6.45) is 0. The number of ether oxygens (including phenoxy) is 2. The van der Waals surface area contributed by atoms with Gasteiger partial charge in [-0.25, -0.2) is 10.5 Å². The van der Waals surface area contributed by atoms with Gasteiger partial charge in [-0.1, -0.05) is 12.1 Å². The molecule has 126 valence electrons. The second-order valence-electron chi connectivity index (χ2n) is 5.04. The lowest BCUT2D eigenvalue weighted by molar-refractivity contribution is -0.147. The van der Waals surface area contributed by atoms with E-state index in [1.165, 1.54) is 14.2 Å². The zero-order chi connectivity index (χ0) is 17.4. The zero-order valence-corrected chi connectivity index (χ0v) is 13.2. The lowest BCUT2D eigenvalue weighted by atomic mass is 10.1. The molecule has 8 heteroatoms. The van der Waals surface area contributed by atoms with Gasteiger partial charge in [0.25, 0.3) is 5.75 Å². The largest absolute Gasteiger partial charge is 0.492 e. The first-order valence-corrected chi connectivity index (χ1v) is 6.92. The van der Waals surface area contributed by atoms with Gasteiger partial charge in [-0.2, -0.15) is 0 Å². The highest BCUT2D eigenvalue weighted by Gasteiger charge is 2.29. The van der Waals surface area contributed by atoms with Gasteiger partial charge in [0.05, 0.1) is 25.1 Å². The lowest BCUT2D eigenvalue weighted by Crippen LogP contribution is -2.13. The Kier molecular flexibility index (Phi) is 3.92. The van der Waals surface area contributed by atoms with E-state index in [4.69, 9.17) is 9.47 Å². The minimum atomic E-state index is -0.366. The molecule has 8 nitrogen and oxygen atoms in total. The molecular weight excluding hydrogens is 318 g/mol. The predicted molar refractivity (Wildman–Crippen MR) is 86.3 cm³/mol. The highest BCUT2D eigenvalue weighted by molar-refractivity contribution is 6.02. The van der Waals surface area contributed by atoms with Crippen LogP contribution in [0.5, 0.6) is 23.0 Å². The summed E-state index contributed by atoms with van der Waals surface area (Å²) >= 11 is 0. The Morgan fingerprint density at radius 2 is 1.54 bits per heavy atom. The van der Waals surface area contributed by atoms with Crippen LogP contribution >= 0.6 is 0 Å². The number of benzene rings is 2. The van der Waals surface area contributed by atoms with Crippen LogP contribution in [0.2, 0.25) is 0 Å². The maximum Gasteiger partial charge on any atom is 0.253 e. The quantitative estimate of drug-likeness (QED) is 0.430. The van der Waals surface area contributed by atoms with E-state index >= 15 is 0 Å².